The number of carbonyl (C=O) groups excluding carboxylic acids is 1. The molecule has 0 saturated carbocycles. The Labute approximate surface area is 113 Å². The number of aromatic nitrogens is 3. The normalized spacial score (nSPS) is 9.80. The first-order valence-electron chi connectivity index (χ1n) is 5.54. The maximum absolute atomic E-state index is 11.6. The molecule has 2 aromatic heterocycles. The lowest BCUT2D eigenvalue weighted by atomic mass is 10.2. The van der Waals surface area contributed by atoms with Crippen LogP contribution in [0.15, 0.2) is 36.9 Å². The van der Waals surface area contributed by atoms with Gasteiger partial charge >= 0.3 is 5.97 Å². The van der Waals surface area contributed by atoms with Gasteiger partial charge in [-0.1, -0.05) is 0 Å². The number of ether oxygens (including phenoxy) is 1. The Morgan fingerprint density at radius 3 is 2.70 bits per heavy atom. The van der Waals surface area contributed by atoms with E-state index in [1.165, 1.54) is 30.9 Å². The van der Waals surface area contributed by atoms with E-state index in [0.717, 1.165) is 0 Å². The zero-order valence-electron chi connectivity index (χ0n) is 10.2. The summed E-state index contributed by atoms with van der Waals surface area (Å²) in [6, 6.07) is 2.90. The monoisotopic (exact) mass is 274 g/mol. The maximum atomic E-state index is 11.6. The van der Waals surface area contributed by atoms with Gasteiger partial charge in [0.05, 0.1) is 6.20 Å². The van der Waals surface area contributed by atoms with Gasteiger partial charge in [0.15, 0.2) is 12.4 Å². The Hall–Kier alpha value is -3.03. The Balaban J connectivity index is 1.96. The van der Waals surface area contributed by atoms with Gasteiger partial charge in [0.2, 0.25) is 5.95 Å². The topological polar surface area (TPSA) is 114 Å². The predicted molar refractivity (Wildman–Crippen MR) is 67.4 cm³/mol. The molecule has 0 unspecified atom stereocenters. The summed E-state index contributed by atoms with van der Waals surface area (Å²) in [5.41, 5.74) is -0.0660. The lowest BCUT2D eigenvalue weighted by molar-refractivity contribution is -0.118. The maximum Gasteiger partial charge on any atom is 0.339 e. The number of rotatable bonds is 5. The molecule has 2 rings (SSSR count). The van der Waals surface area contributed by atoms with Gasteiger partial charge in [0, 0.05) is 18.6 Å². The second-order valence-corrected chi connectivity index (χ2v) is 3.59. The number of amides is 1. The minimum Gasteiger partial charge on any atom is -0.481 e. The molecule has 0 aliphatic heterocycles. The molecule has 0 aliphatic rings. The van der Waals surface area contributed by atoms with Crippen molar-refractivity contribution in [1.82, 2.24) is 15.0 Å². The highest BCUT2D eigenvalue weighted by Gasteiger charge is 2.12. The highest BCUT2D eigenvalue weighted by atomic mass is 16.5. The van der Waals surface area contributed by atoms with Gasteiger partial charge in [-0.15, -0.1) is 0 Å². The molecular weight excluding hydrogens is 264 g/mol. The smallest absolute Gasteiger partial charge is 0.339 e. The van der Waals surface area contributed by atoms with E-state index in [0.29, 0.717) is 0 Å². The second-order valence-electron chi connectivity index (χ2n) is 3.59. The quantitative estimate of drug-likeness (QED) is 0.819. The Kier molecular flexibility index (Phi) is 4.17. The van der Waals surface area contributed by atoms with E-state index in [2.05, 4.69) is 20.3 Å². The number of carboxylic acid groups (broad SMARTS) is 1. The lowest BCUT2D eigenvalue weighted by Gasteiger charge is -2.08. The molecule has 0 saturated heterocycles. The minimum atomic E-state index is -1.16. The van der Waals surface area contributed by atoms with Gasteiger partial charge < -0.3 is 9.84 Å². The van der Waals surface area contributed by atoms with Crippen LogP contribution in [0, 0.1) is 0 Å². The van der Waals surface area contributed by atoms with Crippen LogP contribution >= 0.6 is 0 Å². The van der Waals surface area contributed by atoms with Gasteiger partial charge in [0.25, 0.3) is 5.91 Å². The molecule has 0 aromatic carbocycles. The van der Waals surface area contributed by atoms with Crippen LogP contribution in [0.25, 0.3) is 0 Å². The predicted octanol–water partition coefficient (Wildman–Crippen LogP) is 0.587. The fourth-order valence-corrected chi connectivity index (χ4v) is 1.34. The summed E-state index contributed by atoms with van der Waals surface area (Å²) in [4.78, 5) is 33.9. The number of nitrogens with one attached hydrogen (secondary N) is 1. The summed E-state index contributed by atoms with van der Waals surface area (Å²) >= 11 is 0. The molecule has 1 amide bonds. The van der Waals surface area contributed by atoms with Crippen molar-refractivity contribution in [3.05, 3.63) is 42.5 Å². The number of hydrogen-bond donors (Lipinski definition) is 2. The van der Waals surface area contributed by atoms with Crippen molar-refractivity contribution in [3.63, 3.8) is 0 Å². The number of carbonyl (C=O) groups is 2. The van der Waals surface area contributed by atoms with E-state index >= 15 is 0 Å². The van der Waals surface area contributed by atoms with Gasteiger partial charge in [-0.05, 0) is 12.1 Å². The standard InChI is InChI=1S/C12H10N4O4/c17-10(16-12-14-3-1-4-15-12)7-20-9-6-13-5-2-8(9)11(18)19/h1-6H,7H2,(H,18,19)(H,14,15,16,17). The highest BCUT2D eigenvalue weighted by Crippen LogP contribution is 2.15. The molecule has 0 bridgehead atoms. The molecule has 20 heavy (non-hydrogen) atoms. The lowest BCUT2D eigenvalue weighted by Crippen LogP contribution is -2.22. The first-order chi connectivity index (χ1) is 9.66. The summed E-state index contributed by atoms with van der Waals surface area (Å²) in [6.07, 6.45) is 5.52. The Morgan fingerprint density at radius 1 is 1.25 bits per heavy atom. The Bertz CT molecular complexity index is 618. The van der Waals surface area contributed by atoms with E-state index in [4.69, 9.17) is 9.84 Å². The van der Waals surface area contributed by atoms with Crippen LogP contribution in [0.5, 0.6) is 5.75 Å². The zero-order valence-corrected chi connectivity index (χ0v) is 10.2. The molecule has 0 fully saturated rings. The van der Waals surface area contributed by atoms with Crippen LogP contribution in [0.4, 0.5) is 5.95 Å². The average Bonchev–Trinajstić information content (AvgIpc) is 2.46. The zero-order chi connectivity index (χ0) is 14.4. The summed E-state index contributed by atoms with van der Waals surface area (Å²) in [6.45, 7) is -0.371. The largest absolute Gasteiger partial charge is 0.481 e. The van der Waals surface area contributed by atoms with Crippen molar-refractivity contribution in [1.29, 1.82) is 0 Å². The molecule has 2 aromatic rings. The van der Waals surface area contributed by atoms with Crippen molar-refractivity contribution in [2.24, 2.45) is 0 Å². The fraction of sp³-hybridized carbons (Fsp3) is 0.0833. The van der Waals surface area contributed by atoms with Crippen LogP contribution in [0.3, 0.4) is 0 Å². The molecular formula is C12H10N4O4. The third kappa shape index (κ3) is 3.48. The van der Waals surface area contributed by atoms with Gasteiger partial charge in [-0.2, -0.15) is 0 Å². The molecule has 0 spiro atoms. The van der Waals surface area contributed by atoms with E-state index in [1.807, 2.05) is 0 Å². The molecule has 2 heterocycles. The summed E-state index contributed by atoms with van der Waals surface area (Å²) in [7, 11) is 0. The van der Waals surface area contributed by atoms with E-state index < -0.39 is 11.9 Å². The number of anilines is 1. The van der Waals surface area contributed by atoms with E-state index in [1.54, 1.807) is 6.07 Å². The van der Waals surface area contributed by atoms with Gasteiger partial charge in [-0.25, -0.2) is 14.8 Å². The summed E-state index contributed by atoms with van der Waals surface area (Å²) < 4.78 is 5.12. The van der Waals surface area contributed by atoms with Crippen molar-refractivity contribution >= 4 is 17.8 Å². The first-order valence-corrected chi connectivity index (χ1v) is 5.54. The second kappa shape index (κ2) is 6.23. The number of nitrogens with zero attached hydrogens (tertiary/aromatic N) is 3. The van der Waals surface area contributed by atoms with Gasteiger partial charge in [-0.3, -0.25) is 15.1 Å². The van der Waals surface area contributed by atoms with E-state index in [-0.39, 0.29) is 23.9 Å². The summed E-state index contributed by atoms with van der Waals surface area (Å²) in [5, 5.41) is 11.3. The van der Waals surface area contributed by atoms with E-state index in [9.17, 15) is 9.59 Å². The van der Waals surface area contributed by atoms with Crippen LogP contribution in [0.2, 0.25) is 0 Å². The number of carboxylic acids is 1. The van der Waals surface area contributed by atoms with Crippen molar-refractivity contribution in [3.8, 4) is 5.75 Å². The molecule has 0 atom stereocenters. The highest BCUT2D eigenvalue weighted by molar-refractivity contribution is 5.92. The molecule has 8 nitrogen and oxygen atoms in total. The third-order valence-corrected chi connectivity index (χ3v) is 2.19. The molecule has 0 radical (unpaired) electrons. The molecule has 102 valence electrons. The van der Waals surface area contributed by atoms with Crippen LogP contribution in [-0.2, 0) is 4.79 Å². The number of aromatic carboxylic acids is 1. The minimum absolute atomic E-state index is 0.0177. The first kappa shape index (κ1) is 13.4. The average molecular weight is 274 g/mol. The Morgan fingerprint density at radius 2 is 2.00 bits per heavy atom. The molecule has 0 aliphatic carbocycles. The van der Waals surface area contributed by atoms with Crippen LogP contribution in [0.1, 0.15) is 10.4 Å². The van der Waals surface area contributed by atoms with Crippen molar-refractivity contribution in [2.45, 2.75) is 0 Å². The van der Waals surface area contributed by atoms with Crippen LogP contribution < -0.4 is 10.1 Å². The van der Waals surface area contributed by atoms with Gasteiger partial charge in [0.1, 0.15) is 5.56 Å². The number of pyridine rings is 1. The third-order valence-electron chi connectivity index (χ3n) is 2.19. The van der Waals surface area contributed by atoms with Crippen molar-refractivity contribution < 1.29 is 19.4 Å². The van der Waals surface area contributed by atoms with Crippen molar-refractivity contribution in [2.75, 3.05) is 11.9 Å². The molecule has 2 N–H and O–H groups in total. The fourth-order valence-electron chi connectivity index (χ4n) is 1.34. The summed E-state index contributed by atoms with van der Waals surface area (Å²) in [5.74, 6) is -1.50. The number of hydrogen-bond acceptors (Lipinski definition) is 6. The van der Waals surface area contributed by atoms with Crippen LogP contribution in [-0.4, -0.2) is 38.5 Å². The molecule has 8 heteroatoms. The SMILES string of the molecule is O=C(COc1cnccc1C(=O)O)Nc1ncccn1.